The second-order valence-electron chi connectivity index (χ2n) is 4.75. The van der Waals surface area contributed by atoms with Crippen LogP contribution in [0.3, 0.4) is 0 Å². The average Bonchev–Trinajstić information content (AvgIpc) is 2.56. The van der Waals surface area contributed by atoms with E-state index in [0.717, 1.165) is 43.2 Å². The summed E-state index contributed by atoms with van der Waals surface area (Å²) in [7, 11) is 0. The molecule has 0 aliphatic rings. The molecule has 1 heterocycles. The topological polar surface area (TPSA) is 50.2 Å². The molecule has 0 amide bonds. The quantitative estimate of drug-likeness (QED) is 0.117. The van der Waals surface area contributed by atoms with Crippen LogP contribution in [-0.2, 0) is 0 Å². The lowest BCUT2D eigenvalue weighted by Crippen LogP contribution is -2.09. The monoisotopic (exact) mass is 1230 g/mol. The summed E-state index contributed by atoms with van der Waals surface area (Å²) in [6.45, 7) is 0. The SMILES string of the molecule is O=C(O)c1c(I)c(I)c(I)c2nc3c(I)c(I)c(I)c(I)c3c(I)c12. The third-order valence-corrected chi connectivity index (χ3v) is 17.2. The lowest BCUT2D eigenvalue weighted by atomic mass is 10.1. The first kappa shape index (κ1) is 23.1. The number of halogens is 8. The molecule has 0 saturated carbocycles. The number of rotatable bonds is 1. The highest BCUT2D eigenvalue weighted by atomic mass is 127. The number of aromatic nitrogens is 1. The molecule has 0 radical (unpaired) electrons. The summed E-state index contributed by atoms with van der Waals surface area (Å²) < 4.78 is 8.27. The molecule has 1 aromatic heterocycles. The molecule has 2 aromatic carbocycles. The minimum Gasteiger partial charge on any atom is -0.478 e. The fourth-order valence-electron chi connectivity index (χ4n) is 2.33. The van der Waals surface area contributed by atoms with Crippen LogP contribution in [0.4, 0.5) is 0 Å². The van der Waals surface area contributed by atoms with Crippen molar-refractivity contribution in [3.05, 3.63) is 34.1 Å². The van der Waals surface area contributed by atoms with E-state index >= 15 is 0 Å². The Morgan fingerprint density at radius 3 is 1.56 bits per heavy atom. The molecule has 11 heteroatoms. The van der Waals surface area contributed by atoms with Gasteiger partial charge in [0.1, 0.15) is 0 Å². The number of nitrogens with zero attached hydrogens (tertiary/aromatic N) is 1. The van der Waals surface area contributed by atoms with Crippen molar-refractivity contribution >= 4 is 209 Å². The minimum atomic E-state index is -0.910. The van der Waals surface area contributed by atoms with Gasteiger partial charge < -0.3 is 5.11 Å². The second kappa shape index (κ2) is 8.88. The van der Waals surface area contributed by atoms with Crippen LogP contribution in [0.25, 0.3) is 21.8 Å². The number of carbonyl (C=O) groups is 1. The summed E-state index contributed by atoms with van der Waals surface area (Å²) >= 11 is 18.3. The van der Waals surface area contributed by atoms with Gasteiger partial charge in [0.15, 0.2) is 0 Å². The van der Waals surface area contributed by atoms with Gasteiger partial charge in [-0.1, -0.05) is 0 Å². The van der Waals surface area contributed by atoms with Gasteiger partial charge in [-0.25, -0.2) is 9.78 Å². The molecule has 3 aromatic rings. The highest BCUT2D eigenvalue weighted by molar-refractivity contribution is 14.1. The van der Waals surface area contributed by atoms with Crippen molar-refractivity contribution in [2.24, 2.45) is 0 Å². The molecule has 0 atom stereocenters. The van der Waals surface area contributed by atoms with Crippen molar-refractivity contribution < 1.29 is 9.90 Å². The smallest absolute Gasteiger partial charge is 0.337 e. The van der Waals surface area contributed by atoms with E-state index in [2.05, 4.69) is 181 Å². The standard InChI is InChI=1S/C14HI8NO2/c15-4-1-2(14(24)25)5(16)8(19)10(21)12(1)23-13-3(4)6(17)7(18)9(20)11(13)22/h(H,24,25). The predicted molar refractivity (Wildman–Crippen MR) is 168 cm³/mol. The molecule has 0 aliphatic heterocycles. The van der Waals surface area contributed by atoms with Gasteiger partial charge in [-0.05, 0) is 181 Å². The largest absolute Gasteiger partial charge is 0.478 e. The van der Waals surface area contributed by atoms with Gasteiger partial charge in [0, 0.05) is 32.2 Å². The zero-order valence-electron chi connectivity index (χ0n) is 11.3. The highest BCUT2D eigenvalue weighted by Gasteiger charge is 2.26. The maximum atomic E-state index is 12.0. The van der Waals surface area contributed by atoms with Gasteiger partial charge in [-0.15, -0.1) is 0 Å². The van der Waals surface area contributed by atoms with Gasteiger partial charge in [-0.3, -0.25) is 0 Å². The molecule has 130 valence electrons. The van der Waals surface area contributed by atoms with Gasteiger partial charge in [0.2, 0.25) is 0 Å². The normalized spacial score (nSPS) is 11.5. The molecular weight excluding hydrogens is 1230 g/mol. The summed E-state index contributed by atoms with van der Waals surface area (Å²) in [4.78, 5) is 17.0. The van der Waals surface area contributed by atoms with E-state index in [1.54, 1.807) is 0 Å². The minimum absolute atomic E-state index is 0.346. The molecular formula is C14HI8NO2. The van der Waals surface area contributed by atoms with Gasteiger partial charge in [0.05, 0.1) is 23.7 Å². The fourth-order valence-corrected chi connectivity index (χ4v) is 9.92. The molecule has 3 nitrogen and oxygen atoms in total. The maximum absolute atomic E-state index is 12.0. The summed E-state index contributed by atoms with van der Waals surface area (Å²) in [5, 5.41) is 11.6. The van der Waals surface area contributed by atoms with Crippen molar-refractivity contribution in [3.8, 4) is 0 Å². The predicted octanol–water partition coefficient (Wildman–Crippen LogP) is 7.92. The Bertz CT molecular complexity index is 1110. The summed E-state index contributed by atoms with van der Waals surface area (Å²) in [6, 6.07) is 0. The maximum Gasteiger partial charge on any atom is 0.337 e. The van der Waals surface area contributed by atoms with E-state index in [-0.39, 0.29) is 0 Å². The summed E-state index contributed by atoms with van der Waals surface area (Å²) in [5.74, 6) is -0.910. The first-order chi connectivity index (χ1) is 11.6. The third-order valence-electron chi connectivity index (χ3n) is 3.42. The van der Waals surface area contributed by atoms with Crippen molar-refractivity contribution in [1.82, 2.24) is 4.98 Å². The Hall–Kier alpha value is 3.42. The number of carboxylic acids is 1. The lowest BCUT2D eigenvalue weighted by Gasteiger charge is -2.16. The molecule has 0 bridgehead atoms. The van der Waals surface area contributed by atoms with E-state index in [1.807, 2.05) is 0 Å². The number of hydrogen-bond donors (Lipinski definition) is 1. The van der Waals surface area contributed by atoms with Crippen molar-refractivity contribution in [3.63, 3.8) is 0 Å². The van der Waals surface area contributed by atoms with Crippen molar-refractivity contribution in [2.75, 3.05) is 0 Å². The Balaban J connectivity index is 2.76. The third kappa shape index (κ3) is 3.90. The Morgan fingerprint density at radius 2 is 1.04 bits per heavy atom. The molecule has 3 rings (SSSR count). The summed E-state index contributed by atoms with van der Waals surface area (Å²) in [6.07, 6.45) is 0. The number of hydrogen-bond acceptors (Lipinski definition) is 2. The number of aromatic carboxylic acids is 1. The van der Waals surface area contributed by atoms with Crippen LogP contribution in [0, 0.1) is 28.6 Å². The number of pyridine rings is 1. The van der Waals surface area contributed by atoms with E-state index in [0.29, 0.717) is 5.56 Å². The molecule has 0 aliphatic carbocycles. The number of carboxylic acid groups (broad SMARTS) is 1. The van der Waals surface area contributed by atoms with Crippen LogP contribution in [-0.4, -0.2) is 16.1 Å². The van der Waals surface area contributed by atoms with Crippen molar-refractivity contribution in [2.45, 2.75) is 0 Å². The van der Waals surface area contributed by atoms with Crippen LogP contribution in [0.1, 0.15) is 10.4 Å². The molecule has 0 fully saturated rings. The average molecular weight is 1230 g/mol. The van der Waals surface area contributed by atoms with Crippen LogP contribution >= 0.6 is 181 Å². The molecule has 25 heavy (non-hydrogen) atoms. The zero-order chi connectivity index (χ0) is 18.8. The van der Waals surface area contributed by atoms with E-state index in [9.17, 15) is 9.90 Å². The lowest BCUT2D eigenvalue weighted by molar-refractivity contribution is 0.0698. The van der Waals surface area contributed by atoms with Gasteiger partial charge in [0.25, 0.3) is 0 Å². The fraction of sp³-hybridized carbons (Fsp3) is 0. The first-order valence-electron chi connectivity index (χ1n) is 6.14. The number of benzene rings is 2. The zero-order valence-corrected chi connectivity index (χ0v) is 28.6. The molecule has 0 unspecified atom stereocenters. The number of fused-ring (bicyclic) bond motifs is 2. The van der Waals surface area contributed by atoms with Crippen LogP contribution in [0.15, 0.2) is 0 Å². The Morgan fingerprint density at radius 1 is 0.600 bits per heavy atom. The molecule has 0 saturated heterocycles. The van der Waals surface area contributed by atoms with Crippen LogP contribution < -0.4 is 0 Å². The van der Waals surface area contributed by atoms with Crippen LogP contribution in [0.5, 0.6) is 0 Å². The Kier molecular flexibility index (Phi) is 8.20. The second-order valence-corrected chi connectivity index (χ2v) is 13.4. The van der Waals surface area contributed by atoms with Crippen LogP contribution in [0.2, 0.25) is 0 Å². The van der Waals surface area contributed by atoms with Gasteiger partial charge in [-0.2, -0.15) is 0 Å². The molecule has 0 spiro atoms. The summed E-state index contributed by atoms with van der Waals surface area (Å²) in [5.41, 5.74) is 2.06. The van der Waals surface area contributed by atoms with E-state index in [1.165, 1.54) is 7.14 Å². The Labute approximate surface area is 251 Å². The van der Waals surface area contributed by atoms with E-state index < -0.39 is 5.97 Å². The highest BCUT2D eigenvalue weighted by Crippen LogP contribution is 2.42. The van der Waals surface area contributed by atoms with Gasteiger partial charge >= 0.3 is 5.97 Å². The van der Waals surface area contributed by atoms with Crippen molar-refractivity contribution in [1.29, 1.82) is 0 Å². The molecule has 1 N–H and O–H groups in total. The first-order valence-corrected chi connectivity index (χ1v) is 14.8. The van der Waals surface area contributed by atoms with E-state index in [4.69, 9.17) is 4.98 Å².